The molecule has 7 nitrogen and oxygen atoms in total. The molecule has 0 atom stereocenters. The lowest BCUT2D eigenvalue weighted by molar-refractivity contribution is -0.137. The smallest absolute Gasteiger partial charge is 0.352 e. The fourth-order valence-corrected chi connectivity index (χ4v) is 3.71. The summed E-state index contributed by atoms with van der Waals surface area (Å²) in [6.45, 7) is 6.22. The van der Waals surface area contributed by atoms with Gasteiger partial charge in [-0.3, -0.25) is 0 Å². The maximum Gasteiger partial charge on any atom is 0.417 e. The zero-order valence-corrected chi connectivity index (χ0v) is 17.1. The van der Waals surface area contributed by atoms with Crippen LogP contribution in [-0.4, -0.2) is 51.1 Å². The van der Waals surface area contributed by atoms with Gasteiger partial charge >= 0.3 is 6.18 Å². The lowest BCUT2D eigenvalue weighted by Gasteiger charge is -2.36. The number of nitrogens with zero attached hydrogens (tertiary/aromatic N) is 7. The van der Waals surface area contributed by atoms with Crippen molar-refractivity contribution in [2.45, 2.75) is 20.0 Å². The van der Waals surface area contributed by atoms with E-state index < -0.39 is 11.7 Å². The van der Waals surface area contributed by atoms with Crippen molar-refractivity contribution >= 4 is 23.2 Å². The number of pyridine rings is 1. The van der Waals surface area contributed by atoms with Crippen LogP contribution >= 0.6 is 11.6 Å². The summed E-state index contributed by atoms with van der Waals surface area (Å²) >= 11 is 6.06. The summed E-state index contributed by atoms with van der Waals surface area (Å²) in [4.78, 5) is 7.87. The highest BCUT2D eigenvalue weighted by molar-refractivity contribution is 6.33. The second-order valence-corrected chi connectivity index (χ2v) is 7.50. The summed E-state index contributed by atoms with van der Waals surface area (Å²) in [7, 11) is 0. The molecule has 0 spiro atoms. The van der Waals surface area contributed by atoms with E-state index in [0.717, 1.165) is 29.5 Å². The molecule has 4 heterocycles. The number of halogens is 4. The van der Waals surface area contributed by atoms with E-state index in [-0.39, 0.29) is 5.02 Å². The van der Waals surface area contributed by atoms with Gasteiger partial charge in [0, 0.05) is 38.1 Å². The zero-order chi connectivity index (χ0) is 21.5. The van der Waals surface area contributed by atoms with Crippen molar-refractivity contribution < 1.29 is 13.2 Å². The van der Waals surface area contributed by atoms with Crippen molar-refractivity contribution in [3.05, 3.63) is 52.4 Å². The molecule has 3 aromatic rings. The third-order valence-electron chi connectivity index (χ3n) is 4.92. The molecule has 30 heavy (non-hydrogen) atoms. The monoisotopic (exact) mass is 437 g/mol. The number of anilines is 2. The topological polar surface area (TPSA) is 63.0 Å². The highest BCUT2D eigenvalue weighted by Gasteiger charge is 2.32. The quantitative estimate of drug-likeness (QED) is 0.623. The maximum atomic E-state index is 12.8. The molecule has 1 aliphatic rings. The van der Waals surface area contributed by atoms with Crippen molar-refractivity contribution in [1.82, 2.24) is 25.0 Å². The van der Waals surface area contributed by atoms with Gasteiger partial charge in [0.25, 0.3) is 0 Å². The van der Waals surface area contributed by atoms with Crippen molar-refractivity contribution in [3.8, 4) is 5.82 Å². The molecule has 4 rings (SSSR count). The van der Waals surface area contributed by atoms with Crippen molar-refractivity contribution in [2.75, 3.05) is 36.0 Å². The van der Waals surface area contributed by atoms with Gasteiger partial charge in [-0.1, -0.05) is 11.6 Å². The number of hydrogen-bond donors (Lipinski definition) is 0. The van der Waals surface area contributed by atoms with Crippen LogP contribution in [-0.2, 0) is 6.18 Å². The number of aryl methyl sites for hydroxylation is 2. The van der Waals surface area contributed by atoms with E-state index in [2.05, 4.69) is 25.2 Å². The number of aromatic nitrogens is 5. The Bertz CT molecular complexity index is 1040. The van der Waals surface area contributed by atoms with Crippen LogP contribution in [0.5, 0.6) is 0 Å². The minimum atomic E-state index is -4.47. The molecular formula is C19H19ClF3N7. The molecule has 0 saturated carbocycles. The first-order valence-corrected chi connectivity index (χ1v) is 9.70. The Hall–Kier alpha value is -2.88. The lowest BCUT2D eigenvalue weighted by atomic mass is 10.2. The molecule has 0 N–H and O–H groups in total. The molecule has 0 unspecified atom stereocenters. The molecule has 0 amide bonds. The summed E-state index contributed by atoms with van der Waals surface area (Å²) in [6, 6.07) is 6.63. The Morgan fingerprint density at radius 3 is 2.10 bits per heavy atom. The average molecular weight is 438 g/mol. The fraction of sp³-hybridized carbons (Fsp3) is 0.368. The summed E-state index contributed by atoms with van der Waals surface area (Å²) in [6.07, 6.45) is -3.65. The first kappa shape index (κ1) is 20.4. The van der Waals surface area contributed by atoms with Crippen LogP contribution < -0.4 is 9.80 Å². The standard InChI is InChI=1S/C19H19ClF3N7/c1-12-9-13(2)30(27-12)17-4-3-16(25-26-17)28-5-7-29(8-6-28)18-15(20)10-14(11-24-18)19(21,22)23/h3-4,9-11H,5-8H2,1-2H3. The van der Waals surface area contributed by atoms with Crippen LogP contribution in [0.1, 0.15) is 17.0 Å². The van der Waals surface area contributed by atoms with Gasteiger partial charge in [-0.05, 0) is 38.1 Å². The van der Waals surface area contributed by atoms with Crippen LogP contribution in [0.2, 0.25) is 5.02 Å². The third-order valence-corrected chi connectivity index (χ3v) is 5.19. The molecule has 0 bridgehead atoms. The van der Waals surface area contributed by atoms with Gasteiger partial charge in [0.15, 0.2) is 11.6 Å². The Balaban J connectivity index is 1.43. The number of piperazine rings is 1. The normalized spacial score (nSPS) is 15.0. The third kappa shape index (κ3) is 4.04. The van der Waals surface area contributed by atoms with E-state index >= 15 is 0 Å². The number of rotatable bonds is 3. The fourth-order valence-electron chi connectivity index (χ4n) is 3.43. The second kappa shape index (κ2) is 7.75. The average Bonchev–Trinajstić information content (AvgIpc) is 3.05. The van der Waals surface area contributed by atoms with Gasteiger partial charge in [-0.15, -0.1) is 10.2 Å². The predicted octanol–water partition coefficient (Wildman–Crippen LogP) is 3.67. The van der Waals surface area contributed by atoms with E-state index in [1.54, 1.807) is 4.68 Å². The van der Waals surface area contributed by atoms with Crippen LogP contribution in [0.3, 0.4) is 0 Å². The second-order valence-electron chi connectivity index (χ2n) is 7.09. The summed E-state index contributed by atoms with van der Waals surface area (Å²) in [5, 5.41) is 13.0. The van der Waals surface area contributed by atoms with Crippen LogP contribution in [0.4, 0.5) is 24.8 Å². The lowest BCUT2D eigenvalue weighted by Crippen LogP contribution is -2.47. The molecule has 0 aromatic carbocycles. The first-order valence-electron chi connectivity index (χ1n) is 9.32. The van der Waals surface area contributed by atoms with Crippen molar-refractivity contribution in [2.24, 2.45) is 0 Å². The first-order chi connectivity index (χ1) is 14.2. The van der Waals surface area contributed by atoms with E-state index in [1.165, 1.54) is 0 Å². The summed E-state index contributed by atoms with van der Waals surface area (Å²) in [5.41, 5.74) is 1.03. The van der Waals surface area contributed by atoms with E-state index in [1.807, 2.05) is 36.9 Å². The van der Waals surface area contributed by atoms with Crippen molar-refractivity contribution in [1.29, 1.82) is 0 Å². The Morgan fingerprint density at radius 2 is 1.57 bits per heavy atom. The minimum absolute atomic E-state index is 0.00712. The van der Waals surface area contributed by atoms with Gasteiger partial charge in [-0.25, -0.2) is 9.67 Å². The van der Waals surface area contributed by atoms with E-state index in [4.69, 9.17) is 11.6 Å². The molecular weight excluding hydrogens is 419 g/mol. The van der Waals surface area contributed by atoms with Crippen LogP contribution in [0.15, 0.2) is 30.5 Å². The highest BCUT2D eigenvalue weighted by atomic mass is 35.5. The molecule has 1 fully saturated rings. The highest BCUT2D eigenvalue weighted by Crippen LogP contribution is 2.33. The number of alkyl halides is 3. The Labute approximate surface area is 176 Å². The maximum absolute atomic E-state index is 12.8. The molecule has 11 heteroatoms. The van der Waals surface area contributed by atoms with Gasteiger partial charge in [0.2, 0.25) is 0 Å². The molecule has 1 aliphatic heterocycles. The largest absolute Gasteiger partial charge is 0.417 e. The van der Waals surface area contributed by atoms with Crippen LogP contribution in [0, 0.1) is 13.8 Å². The van der Waals surface area contributed by atoms with Gasteiger partial charge in [-0.2, -0.15) is 18.3 Å². The van der Waals surface area contributed by atoms with Gasteiger partial charge in [0.05, 0.1) is 16.3 Å². The van der Waals surface area contributed by atoms with Crippen LogP contribution in [0.25, 0.3) is 5.82 Å². The zero-order valence-electron chi connectivity index (χ0n) is 16.4. The number of hydrogen-bond acceptors (Lipinski definition) is 6. The molecule has 3 aromatic heterocycles. The van der Waals surface area contributed by atoms with E-state index in [0.29, 0.717) is 37.8 Å². The molecule has 1 saturated heterocycles. The Morgan fingerprint density at radius 1 is 0.933 bits per heavy atom. The van der Waals surface area contributed by atoms with Gasteiger partial charge < -0.3 is 9.80 Å². The van der Waals surface area contributed by atoms with E-state index in [9.17, 15) is 13.2 Å². The SMILES string of the molecule is Cc1cc(C)n(-c2ccc(N3CCN(c4ncc(C(F)(F)F)cc4Cl)CC3)nn2)n1. The molecule has 0 aliphatic carbocycles. The van der Waals surface area contributed by atoms with Gasteiger partial charge in [0.1, 0.15) is 5.82 Å². The van der Waals surface area contributed by atoms with Crippen molar-refractivity contribution in [3.63, 3.8) is 0 Å². The molecule has 158 valence electrons. The molecule has 0 radical (unpaired) electrons. The Kier molecular flexibility index (Phi) is 5.27. The summed E-state index contributed by atoms with van der Waals surface area (Å²) in [5.74, 6) is 1.73. The summed E-state index contributed by atoms with van der Waals surface area (Å²) < 4.78 is 40.1. The minimum Gasteiger partial charge on any atom is -0.352 e. The predicted molar refractivity (Wildman–Crippen MR) is 107 cm³/mol.